The summed E-state index contributed by atoms with van der Waals surface area (Å²) < 4.78 is 20.0. The highest BCUT2D eigenvalue weighted by molar-refractivity contribution is 5.90. The average Bonchev–Trinajstić information content (AvgIpc) is 3.28. The first-order valence-electron chi connectivity index (χ1n) is 9.95. The molecule has 0 radical (unpaired) electrons. The van der Waals surface area contributed by atoms with Crippen molar-refractivity contribution in [1.82, 2.24) is 4.98 Å². The number of cyclic esters (lactones) is 1. The van der Waals surface area contributed by atoms with Crippen molar-refractivity contribution in [2.45, 2.75) is 31.2 Å². The van der Waals surface area contributed by atoms with Gasteiger partial charge in [-0.15, -0.1) is 0 Å². The highest BCUT2D eigenvalue weighted by Crippen LogP contribution is 2.30. The van der Waals surface area contributed by atoms with Gasteiger partial charge in [-0.2, -0.15) is 0 Å². The monoisotopic (exact) mass is 430 g/mol. The van der Waals surface area contributed by atoms with Crippen LogP contribution in [-0.4, -0.2) is 65.1 Å². The van der Waals surface area contributed by atoms with Gasteiger partial charge in [0.15, 0.2) is 0 Å². The Morgan fingerprint density at radius 3 is 2.55 bits per heavy atom. The average molecular weight is 430 g/mol. The zero-order chi connectivity index (χ0) is 22.1. The zero-order valence-electron chi connectivity index (χ0n) is 16.6. The van der Waals surface area contributed by atoms with Crippen LogP contribution in [0, 0.1) is 5.82 Å². The molecule has 3 unspecified atom stereocenters. The molecule has 2 saturated heterocycles. The van der Waals surface area contributed by atoms with E-state index < -0.39 is 36.1 Å². The number of amides is 2. The van der Waals surface area contributed by atoms with Gasteiger partial charge in [0.1, 0.15) is 17.7 Å². The number of aliphatic hydroxyl groups is 2. The quantitative estimate of drug-likeness (QED) is 0.624. The number of carbonyl (C=O) groups excluding carboxylic acids is 2. The van der Waals surface area contributed by atoms with E-state index in [1.807, 2.05) is 0 Å². The van der Waals surface area contributed by atoms with Gasteiger partial charge in [-0.1, -0.05) is 0 Å². The van der Waals surface area contributed by atoms with Crippen LogP contribution in [0.15, 0.2) is 36.5 Å². The van der Waals surface area contributed by atoms with Gasteiger partial charge in [-0.05, 0) is 36.8 Å². The number of halogens is 1. The fourth-order valence-electron chi connectivity index (χ4n) is 3.78. The van der Waals surface area contributed by atoms with Crippen LogP contribution in [0.1, 0.15) is 12.8 Å². The van der Waals surface area contributed by atoms with Crippen molar-refractivity contribution in [3.63, 3.8) is 0 Å². The lowest BCUT2D eigenvalue weighted by Gasteiger charge is -2.17. The second-order valence-corrected chi connectivity index (χ2v) is 7.73. The molecule has 10 heteroatoms. The first-order valence-corrected chi connectivity index (χ1v) is 9.95. The summed E-state index contributed by atoms with van der Waals surface area (Å²) in [6.45, 7) is 0.778. The standard InChI is InChI=1S/C21H23FN4O5/c22-16-7-13(26-9-14(31-21(26)30)3-5-19(23)29)2-4-15(16)12-1-6-20(24-8-12)25-10-17(27)18(28)11-25/h1-2,4,6-8,14,17-18,27-28H,3,5,9-11H2,(H2,23,29). The first kappa shape index (κ1) is 21.0. The van der Waals surface area contributed by atoms with Crippen LogP contribution >= 0.6 is 0 Å². The van der Waals surface area contributed by atoms with Gasteiger partial charge in [0.2, 0.25) is 5.91 Å². The number of benzene rings is 1. The summed E-state index contributed by atoms with van der Waals surface area (Å²) in [7, 11) is 0. The lowest BCUT2D eigenvalue weighted by Crippen LogP contribution is -2.25. The van der Waals surface area contributed by atoms with E-state index in [1.54, 1.807) is 29.2 Å². The van der Waals surface area contributed by atoms with Gasteiger partial charge >= 0.3 is 6.09 Å². The minimum atomic E-state index is -0.820. The number of pyridine rings is 1. The van der Waals surface area contributed by atoms with Crippen LogP contribution in [0.25, 0.3) is 11.1 Å². The molecule has 2 aromatic rings. The molecule has 3 heterocycles. The fourth-order valence-corrected chi connectivity index (χ4v) is 3.78. The van der Waals surface area contributed by atoms with E-state index in [4.69, 9.17) is 10.5 Å². The molecule has 4 rings (SSSR count). The molecule has 2 fully saturated rings. The summed E-state index contributed by atoms with van der Waals surface area (Å²) in [6, 6.07) is 7.86. The number of ether oxygens (including phenoxy) is 1. The van der Waals surface area contributed by atoms with E-state index in [0.717, 1.165) is 0 Å². The molecule has 1 aromatic carbocycles. The number of hydrogen-bond donors (Lipinski definition) is 3. The van der Waals surface area contributed by atoms with Crippen molar-refractivity contribution in [3.8, 4) is 11.1 Å². The van der Waals surface area contributed by atoms with Crippen LogP contribution in [0.3, 0.4) is 0 Å². The molecule has 0 saturated carbocycles. The summed E-state index contributed by atoms with van der Waals surface area (Å²) in [5, 5.41) is 19.4. The summed E-state index contributed by atoms with van der Waals surface area (Å²) in [5.74, 6) is -0.410. The maximum Gasteiger partial charge on any atom is 0.414 e. The fraction of sp³-hybridized carbons (Fsp3) is 0.381. The van der Waals surface area contributed by atoms with E-state index in [2.05, 4.69) is 4.98 Å². The number of β-amino-alcohol motifs (C(OH)–C–C–N with tert-alkyl or cyclic N) is 2. The third-order valence-electron chi connectivity index (χ3n) is 5.49. The molecular formula is C21H23FN4O5. The highest BCUT2D eigenvalue weighted by Gasteiger charge is 2.33. The Hall–Kier alpha value is -3.24. The molecule has 31 heavy (non-hydrogen) atoms. The number of aromatic nitrogens is 1. The predicted octanol–water partition coefficient (Wildman–Crippen LogP) is 1.02. The van der Waals surface area contributed by atoms with E-state index in [1.165, 1.54) is 17.2 Å². The lowest BCUT2D eigenvalue weighted by atomic mass is 10.1. The summed E-state index contributed by atoms with van der Waals surface area (Å²) >= 11 is 0. The molecule has 2 aliphatic heterocycles. The lowest BCUT2D eigenvalue weighted by molar-refractivity contribution is -0.118. The molecule has 0 bridgehead atoms. The maximum absolute atomic E-state index is 14.8. The second-order valence-electron chi connectivity index (χ2n) is 7.73. The Balaban J connectivity index is 1.47. The minimum Gasteiger partial charge on any atom is -0.444 e. The smallest absolute Gasteiger partial charge is 0.414 e. The van der Waals surface area contributed by atoms with Crippen LogP contribution < -0.4 is 15.5 Å². The van der Waals surface area contributed by atoms with Crippen LogP contribution in [-0.2, 0) is 9.53 Å². The summed E-state index contributed by atoms with van der Waals surface area (Å²) in [6.07, 6.45) is -0.754. The number of carbonyl (C=O) groups is 2. The van der Waals surface area contributed by atoms with Crippen LogP contribution in [0.2, 0.25) is 0 Å². The molecule has 2 amide bonds. The minimum absolute atomic E-state index is 0.109. The number of rotatable bonds is 6. The van der Waals surface area contributed by atoms with E-state index >= 15 is 0 Å². The molecule has 0 aliphatic carbocycles. The van der Waals surface area contributed by atoms with Crippen molar-refractivity contribution in [3.05, 3.63) is 42.3 Å². The van der Waals surface area contributed by atoms with Crippen molar-refractivity contribution >= 4 is 23.5 Å². The Kier molecular flexibility index (Phi) is 5.75. The molecule has 1 aromatic heterocycles. The molecular weight excluding hydrogens is 407 g/mol. The van der Waals surface area contributed by atoms with Crippen LogP contribution in [0.4, 0.5) is 20.7 Å². The number of primary amides is 1. The topological polar surface area (TPSA) is 129 Å². The van der Waals surface area contributed by atoms with Gasteiger partial charge in [-0.25, -0.2) is 14.2 Å². The normalized spacial score (nSPS) is 23.3. The molecule has 4 N–H and O–H groups in total. The Bertz CT molecular complexity index is 976. The van der Waals surface area contributed by atoms with Gasteiger partial charge in [0.25, 0.3) is 0 Å². The molecule has 0 spiro atoms. The van der Waals surface area contributed by atoms with Crippen molar-refractivity contribution in [2.75, 3.05) is 29.4 Å². The Morgan fingerprint density at radius 2 is 1.94 bits per heavy atom. The number of aliphatic hydroxyl groups excluding tert-OH is 2. The molecule has 164 valence electrons. The molecule has 3 atom stereocenters. The van der Waals surface area contributed by atoms with Gasteiger partial charge in [-0.3, -0.25) is 9.69 Å². The van der Waals surface area contributed by atoms with Gasteiger partial charge in [0.05, 0.1) is 24.4 Å². The SMILES string of the molecule is NC(=O)CCC1CN(c2ccc(-c3ccc(N4CC(O)C(O)C4)nc3)c(F)c2)C(=O)O1. The number of nitrogens with two attached hydrogens (primary N) is 1. The van der Waals surface area contributed by atoms with Crippen molar-refractivity contribution in [1.29, 1.82) is 0 Å². The summed E-state index contributed by atoms with van der Waals surface area (Å²) in [5.41, 5.74) is 6.36. The Labute approximate surface area is 177 Å². The number of nitrogens with zero attached hydrogens (tertiary/aromatic N) is 3. The largest absolute Gasteiger partial charge is 0.444 e. The highest BCUT2D eigenvalue weighted by atomic mass is 19.1. The third-order valence-corrected chi connectivity index (χ3v) is 5.49. The molecule has 2 aliphatic rings. The van der Waals surface area contributed by atoms with Gasteiger partial charge < -0.3 is 25.6 Å². The second kappa shape index (κ2) is 8.48. The predicted molar refractivity (Wildman–Crippen MR) is 110 cm³/mol. The molecule has 9 nitrogen and oxygen atoms in total. The Morgan fingerprint density at radius 1 is 1.19 bits per heavy atom. The van der Waals surface area contributed by atoms with E-state index in [9.17, 15) is 24.2 Å². The van der Waals surface area contributed by atoms with Crippen molar-refractivity contribution < 1.29 is 28.9 Å². The maximum atomic E-state index is 14.8. The first-order chi connectivity index (χ1) is 14.8. The van der Waals surface area contributed by atoms with Crippen molar-refractivity contribution in [2.24, 2.45) is 5.73 Å². The number of hydrogen-bond acceptors (Lipinski definition) is 7. The summed E-state index contributed by atoms with van der Waals surface area (Å²) in [4.78, 5) is 30.4. The van der Waals surface area contributed by atoms with Gasteiger partial charge in [0, 0.05) is 36.8 Å². The van der Waals surface area contributed by atoms with Crippen LogP contribution in [0.5, 0.6) is 0 Å². The number of anilines is 2. The zero-order valence-corrected chi connectivity index (χ0v) is 16.6. The third kappa shape index (κ3) is 4.44. The van der Waals surface area contributed by atoms with E-state index in [0.29, 0.717) is 29.1 Å². The van der Waals surface area contributed by atoms with E-state index in [-0.39, 0.29) is 26.1 Å².